The summed E-state index contributed by atoms with van der Waals surface area (Å²) >= 11 is 4.34. The van der Waals surface area contributed by atoms with Crippen LogP contribution in [0.3, 0.4) is 0 Å². The summed E-state index contributed by atoms with van der Waals surface area (Å²) in [6, 6.07) is 15.5. The van der Waals surface area contributed by atoms with E-state index in [4.69, 9.17) is 4.74 Å². The largest absolute Gasteiger partial charge is 0.497 e. The highest BCUT2D eigenvalue weighted by molar-refractivity contribution is 8.01. The molecule has 0 aliphatic heterocycles. The lowest BCUT2D eigenvalue weighted by atomic mass is 10.2. The van der Waals surface area contributed by atoms with Crippen LogP contribution in [0, 0.1) is 0 Å². The number of thioether (sulfide) groups is 1. The van der Waals surface area contributed by atoms with Gasteiger partial charge in [0.05, 0.1) is 23.1 Å². The molecule has 0 radical (unpaired) electrons. The van der Waals surface area contributed by atoms with Crippen molar-refractivity contribution in [1.82, 2.24) is 15.2 Å². The van der Waals surface area contributed by atoms with Crippen LogP contribution >= 0.6 is 34.4 Å². The van der Waals surface area contributed by atoms with Gasteiger partial charge in [-0.25, -0.2) is 4.98 Å². The second kappa shape index (κ2) is 8.03. The van der Waals surface area contributed by atoms with Crippen molar-refractivity contribution < 1.29 is 9.53 Å². The molecular weight excluding hydrogens is 400 g/mol. The molecule has 0 aliphatic carbocycles. The third-order valence-corrected chi connectivity index (χ3v) is 6.68. The van der Waals surface area contributed by atoms with Gasteiger partial charge >= 0.3 is 0 Å². The molecule has 0 bridgehead atoms. The molecule has 4 rings (SSSR count). The normalized spacial score (nSPS) is 10.9. The number of hydrogen-bond acceptors (Lipinski definition) is 8. The molecule has 2 heterocycles. The fourth-order valence-electron chi connectivity index (χ4n) is 2.32. The van der Waals surface area contributed by atoms with Crippen LogP contribution in [0.15, 0.2) is 52.9 Å². The second-order valence-corrected chi connectivity index (χ2v) is 8.66. The number of carbonyl (C=O) groups excluding carboxylic acids is 1. The Kier molecular flexibility index (Phi) is 5.33. The van der Waals surface area contributed by atoms with Crippen molar-refractivity contribution in [3.8, 4) is 16.3 Å². The monoisotopic (exact) mass is 414 g/mol. The minimum atomic E-state index is -0.128. The van der Waals surface area contributed by atoms with E-state index in [0.29, 0.717) is 5.13 Å². The first-order chi connectivity index (χ1) is 13.2. The lowest BCUT2D eigenvalue weighted by Crippen LogP contribution is -2.13. The number of ether oxygens (including phenoxy) is 1. The van der Waals surface area contributed by atoms with E-state index in [1.54, 1.807) is 18.4 Å². The van der Waals surface area contributed by atoms with Crippen molar-refractivity contribution in [2.45, 2.75) is 4.34 Å². The Bertz CT molecular complexity index is 1040. The Morgan fingerprint density at radius 3 is 2.70 bits per heavy atom. The maximum atomic E-state index is 12.2. The van der Waals surface area contributed by atoms with Gasteiger partial charge in [0.15, 0.2) is 4.34 Å². The van der Waals surface area contributed by atoms with E-state index in [1.807, 2.05) is 48.5 Å². The molecule has 0 aliphatic rings. The van der Waals surface area contributed by atoms with E-state index < -0.39 is 0 Å². The molecule has 4 aromatic rings. The maximum absolute atomic E-state index is 12.2. The average Bonchev–Trinajstić information content (AvgIpc) is 3.33. The first-order valence-electron chi connectivity index (χ1n) is 7.97. The number of nitrogens with zero attached hydrogens (tertiary/aromatic N) is 3. The van der Waals surface area contributed by atoms with Gasteiger partial charge in [-0.3, -0.25) is 10.1 Å². The van der Waals surface area contributed by atoms with Crippen LogP contribution in [0.4, 0.5) is 5.13 Å². The van der Waals surface area contributed by atoms with Gasteiger partial charge in [-0.05, 0) is 36.4 Å². The molecule has 0 atom stereocenters. The number of aromatic nitrogens is 3. The summed E-state index contributed by atoms with van der Waals surface area (Å²) in [5.74, 6) is 0.928. The number of nitrogens with one attached hydrogen (secondary N) is 1. The van der Waals surface area contributed by atoms with E-state index in [0.717, 1.165) is 30.9 Å². The number of thiazole rings is 1. The number of hydrogen-bond donors (Lipinski definition) is 1. The lowest BCUT2D eigenvalue weighted by Gasteiger charge is -2.00. The highest BCUT2D eigenvalue weighted by atomic mass is 32.2. The molecule has 1 N–H and O–H groups in total. The minimum Gasteiger partial charge on any atom is -0.497 e. The van der Waals surface area contributed by atoms with E-state index in [-0.39, 0.29) is 11.7 Å². The van der Waals surface area contributed by atoms with E-state index >= 15 is 0 Å². The topological polar surface area (TPSA) is 77.0 Å². The van der Waals surface area contributed by atoms with Crippen molar-refractivity contribution >= 4 is 55.7 Å². The molecule has 136 valence electrons. The van der Waals surface area contributed by atoms with Crippen LogP contribution in [0.25, 0.3) is 20.8 Å². The Balaban J connectivity index is 1.36. The van der Waals surface area contributed by atoms with Gasteiger partial charge in [-0.1, -0.05) is 35.2 Å². The number of amides is 1. The van der Waals surface area contributed by atoms with E-state index in [1.165, 1.54) is 23.1 Å². The van der Waals surface area contributed by atoms with Crippen LogP contribution in [0.5, 0.6) is 5.75 Å². The van der Waals surface area contributed by atoms with Crippen LogP contribution in [0.1, 0.15) is 0 Å². The fourth-order valence-corrected chi connectivity index (χ4v) is 4.95. The summed E-state index contributed by atoms with van der Waals surface area (Å²) in [7, 11) is 1.62. The van der Waals surface area contributed by atoms with Crippen LogP contribution < -0.4 is 10.1 Å². The van der Waals surface area contributed by atoms with Crippen molar-refractivity contribution in [2.24, 2.45) is 0 Å². The first-order valence-corrected chi connectivity index (χ1v) is 10.6. The molecule has 0 fully saturated rings. The molecule has 9 heteroatoms. The zero-order valence-electron chi connectivity index (χ0n) is 14.2. The zero-order chi connectivity index (χ0) is 18.6. The van der Waals surface area contributed by atoms with Crippen LogP contribution in [-0.4, -0.2) is 34.0 Å². The number of methoxy groups -OCH3 is 1. The third-order valence-electron chi connectivity index (χ3n) is 3.61. The second-order valence-electron chi connectivity index (χ2n) is 5.43. The summed E-state index contributed by atoms with van der Waals surface area (Å²) in [5, 5.41) is 12.2. The maximum Gasteiger partial charge on any atom is 0.236 e. The average molecular weight is 415 g/mol. The van der Waals surface area contributed by atoms with Crippen LogP contribution in [-0.2, 0) is 4.79 Å². The highest BCUT2D eigenvalue weighted by Gasteiger charge is 2.12. The molecule has 2 aromatic heterocycles. The summed E-state index contributed by atoms with van der Waals surface area (Å²) < 4.78 is 7.15. The molecular formula is C18H14N4O2S3. The molecule has 1 amide bonds. The minimum absolute atomic E-state index is 0.128. The lowest BCUT2D eigenvalue weighted by molar-refractivity contribution is -0.113. The fraction of sp³-hybridized carbons (Fsp3) is 0.111. The highest BCUT2D eigenvalue weighted by Crippen LogP contribution is 2.30. The number of anilines is 1. The molecule has 2 aromatic carbocycles. The smallest absolute Gasteiger partial charge is 0.236 e. The molecule has 0 spiro atoms. The standard InChI is InChI=1S/C18H14N4O2S3/c1-24-12-8-6-11(7-9-12)16-21-22-17(27-16)20-15(23)10-25-18-19-13-4-2-3-5-14(13)26-18/h2-9H,10H2,1H3,(H,20,22,23). The summed E-state index contributed by atoms with van der Waals surface area (Å²) in [6.07, 6.45) is 0. The van der Waals surface area contributed by atoms with Gasteiger partial charge in [0.2, 0.25) is 11.0 Å². The van der Waals surface area contributed by atoms with Gasteiger partial charge in [-0.2, -0.15) is 0 Å². The van der Waals surface area contributed by atoms with Crippen molar-refractivity contribution in [2.75, 3.05) is 18.2 Å². The summed E-state index contributed by atoms with van der Waals surface area (Å²) in [4.78, 5) is 16.7. The van der Waals surface area contributed by atoms with Crippen molar-refractivity contribution in [3.05, 3.63) is 48.5 Å². The summed E-state index contributed by atoms with van der Waals surface area (Å²) in [5.41, 5.74) is 1.89. The van der Waals surface area contributed by atoms with Gasteiger partial charge in [0, 0.05) is 5.56 Å². The molecule has 0 saturated heterocycles. The van der Waals surface area contributed by atoms with Crippen LogP contribution in [0.2, 0.25) is 0 Å². The number of carbonyl (C=O) groups is 1. The van der Waals surface area contributed by atoms with Crippen molar-refractivity contribution in [1.29, 1.82) is 0 Å². The van der Waals surface area contributed by atoms with Gasteiger partial charge in [0.25, 0.3) is 0 Å². The Labute approximate surface area is 167 Å². The first kappa shape index (κ1) is 17.9. The summed E-state index contributed by atoms with van der Waals surface area (Å²) in [6.45, 7) is 0. The molecule has 0 saturated carbocycles. The Morgan fingerprint density at radius 2 is 1.93 bits per heavy atom. The van der Waals surface area contributed by atoms with Gasteiger partial charge in [-0.15, -0.1) is 21.5 Å². The van der Waals surface area contributed by atoms with E-state index in [2.05, 4.69) is 20.5 Å². The number of fused-ring (bicyclic) bond motifs is 1. The number of rotatable bonds is 6. The quantitative estimate of drug-likeness (QED) is 0.466. The molecule has 0 unspecified atom stereocenters. The Morgan fingerprint density at radius 1 is 1.11 bits per heavy atom. The van der Waals surface area contributed by atoms with E-state index in [9.17, 15) is 4.79 Å². The number of benzene rings is 2. The zero-order valence-corrected chi connectivity index (χ0v) is 16.7. The molecule has 27 heavy (non-hydrogen) atoms. The van der Waals surface area contributed by atoms with Gasteiger partial charge < -0.3 is 4.74 Å². The number of para-hydroxylation sites is 1. The Hall–Kier alpha value is -2.49. The third kappa shape index (κ3) is 4.26. The SMILES string of the molecule is COc1ccc(-c2nnc(NC(=O)CSc3nc4ccccc4s3)s2)cc1. The predicted octanol–water partition coefficient (Wildman–Crippen LogP) is 4.55. The molecule has 6 nitrogen and oxygen atoms in total. The predicted molar refractivity (Wildman–Crippen MR) is 111 cm³/mol. The van der Waals surface area contributed by atoms with Crippen molar-refractivity contribution in [3.63, 3.8) is 0 Å². The van der Waals surface area contributed by atoms with Gasteiger partial charge in [0.1, 0.15) is 10.8 Å².